The lowest BCUT2D eigenvalue weighted by Gasteiger charge is -2.31. The van der Waals surface area contributed by atoms with Gasteiger partial charge in [-0.2, -0.15) is 0 Å². The molecular weight excluding hydrogens is 593 g/mol. The van der Waals surface area contributed by atoms with Gasteiger partial charge in [0.05, 0.1) is 16.6 Å². The number of benzene rings is 4. The van der Waals surface area contributed by atoms with Crippen LogP contribution >= 0.6 is 23.1 Å². The second-order valence-corrected chi connectivity index (χ2v) is 13.2. The van der Waals surface area contributed by atoms with Gasteiger partial charge in [-0.25, -0.2) is 4.90 Å². The van der Waals surface area contributed by atoms with Gasteiger partial charge in [-0.05, 0) is 41.3 Å². The Morgan fingerprint density at radius 1 is 0.841 bits per heavy atom. The molecule has 0 bridgehead atoms. The minimum Gasteiger partial charge on any atom is -0.378 e. The van der Waals surface area contributed by atoms with Crippen LogP contribution < -0.4 is 20.0 Å². The Kier molecular flexibility index (Phi) is 7.10. The van der Waals surface area contributed by atoms with Crippen molar-refractivity contribution in [3.05, 3.63) is 117 Å². The lowest BCUT2D eigenvalue weighted by atomic mass is 9.83. The van der Waals surface area contributed by atoms with Crippen molar-refractivity contribution < 1.29 is 14.4 Å². The lowest BCUT2D eigenvalue weighted by Crippen LogP contribution is -2.33. The smallest absolute Gasteiger partial charge is 0.308 e. The molecule has 1 aromatic heterocycles. The van der Waals surface area contributed by atoms with E-state index in [9.17, 15) is 19.2 Å². The minimum absolute atomic E-state index is 0.213. The van der Waals surface area contributed by atoms with Gasteiger partial charge in [0.1, 0.15) is 11.8 Å². The molecule has 0 saturated carbocycles. The standard InChI is InChI=1S/C34H28N4O4S2/c1-36(2)22-17-15-21(16-18-22)27-28-29(32(41)38(31(28)40)23-11-4-3-5-12-23)43-33-30(27)44-34(42)37(33)19-26(39)35-25-14-8-10-20-9-6-7-13-24(20)25/h3-18,27-29H,19H2,1-2H3,(H,35,39). The summed E-state index contributed by atoms with van der Waals surface area (Å²) >= 11 is 2.26. The molecule has 8 nitrogen and oxygen atoms in total. The van der Waals surface area contributed by atoms with Gasteiger partial charge in [-0.15, -0.1) is 0 Å². The molecule has 44 heavy (non-hydrogen) atoms. The number of aromatic nitrogens is 1. The summed E-state index contributed by atoms with van der Waals surface area (Å²) in [4.78, 5) is 58.5. The summed E-state index contributed by atoms with van der Waals surface area (Å²) in [6, 6.07) is 30.2. The summed E-state index contributed by atoms with van der Waals surface area (Å²) in [5.41, 5.74) is 3.02. The fourth-order valence-corrected chi connectivity index (χ4v) is 8.87. The lowest BCUT2D eigenvalue weighted by molar-refractivity contribution is -0.122. The number of fused-ring (bicyclic) bond motifs is 3. The van der Waals surface area contributed by atoms with E-state index in [-0.39, 0.29) is 29.1 Å². The van der Waals surface area contributed by atoms with Crippen molar-refractivity contribution in [2.24, 2.45) is 5.92 Å². The van der Waals surface area contributed by atoms with Crippen LogP contribution in [0.4, 0.5) is 17.1 Å². The van der Waals surface area contributed by atoms with E-state index in [0.29, 0.717) is 21.3 Å². The second-order valence-electron chi connectivity index (χ2n) is 11.1. The van der Waals surface area contributed by atoms with Gasteiger partial charge in [0.15, 0.2) is 0 Å². The van der Waals surface area contributed by atoms with Crippen LogP contribution in [-0.2, 0) is 20.9 Å². The molecule has 0 radical (unpaired) electrons. The molecule has 3 amide bonds. The number of nitrogens with one attached hydrogen (secondary N) is 1. The number of rotatable bonds is 6. The van der Waals surface area contributed by atoms with Gasteiger partial charge in [0.2, 0.25) is 17.7 Å². The van der Waals surface area contributed by atoms with Gasteiger partial charge < -0.3 is 10.2 Å². The van der Waals surface area contributed by atoms with Crippen LogP contribution in [0, 0.1) is 5.92 Å². The first kappa shape index (κ1) is 28.1. The van der Waals surface area contributed by atoms with E-state index in [1.807, 2.05) is 91.8 Å². The molecule has 7 rings (SSSR count). The molecule has 1 N–H and O–H groups in total. The van der Waals surface area contributed by atoms with Crippen molar-refractivity contribution in [3.8, 4) is 0 Å². The van der Waals surface area contributed by atoms with E-state index in [1.54, 1.807) is 24.3 Å². The van der Waals surface area contributed by atoms with Crippen molar-refractivity contribution in [1.82, 2.24) is 4.57 Å². The maximum atomic E-state index is 14.0. The molecule has 5 aromatic rings. The van der Waals surface area contributed by atoms with E-state index < -0.39 is 17.1 Å². The number of hydrogen-bond acceptors (Lipinski definition) is 7. The Morgan fingerprint density at radius 2 is 1.55 bits per heavy atom. The molecule has 0 spiro atoms. The number of thioether (sulfide) groups is 1. The second kappa shape index (κ2) is 11.1. The molecule has 3 heterocycles. The van der Waals surface area contributed by atoms with Crippen LogP contribution in [-0.4, -0.2) is 41.6 Å². The fourth-order valence-electron chi connectivity index (χ4n) is 6.09. The summed E-state index contributed by atoms with van der Waals surface area (Å²) < 4.78 is 1.45. The van der Waals surface area contributed by atoms with Crippen molar-refractivity contribution in [3.63, 3.8) is 0 Å². The number of carbonyl (C=O) groups is 3. The van der Waals surface area contributed by atoms with Gasteiger partial charge in [-0.3, -0.25) is 23.7 Å². The first-order chi connectivity index (χ1) is 21.3. The first-order valence-corrected chi connectivity index (χ1v) is 15.9. The molecule has 0 aliphatic carbocycles. The summed E-state index contributed by atoms with van der Waals surface area (Å²) in [7, 11) is 3.90. The third-order valence-electron chi connectivity index (χ3n) is 8.20. The minimum atomic E-state index is -0.741. The van der Waals surface area contributed by atoms with Crippen LogP contribution in [0.2, 0.25) is 0 Å². The number of hydrogen-bond donors (Lipinski definition) is 1. The number of para-hydroxylation sites is 1. The topological polar surface area (TPSA) is 91.7 Å². The Morgan fingerprint density at radius 3 is 2.30 bits per heavy atom. The predicted octanol–water partition coefficient (Wildman–Crippen LogP) is 5.56. The molecule has 3 unspecified atom stereocenters. The molecular formula is C34H28N4O4S2. The van der Waals surface area contributed by atoms with Gasteiger partial charge in [-0.1, -0.05) is 89.8 Å². The van der Waals surface area contributed by atoms with Gasteiger partial charge in [0.25, 0.3) is 0 Å². The van der Waals surface area contributed by atoms with Crippen molar-refractivity contribution in [2.75, 3.05) is 29.2 Å². The summed E-state index contributed by atoms with van der Waals surface area (Å²) in [5, 5.41) is 4.69. The molecule has 1 saturated heterocycles. The quantitative estimate of drug-likeness (QED) is 0.250. The Bertz CT molecular complexity index is 1980. The maximum absolute atomic E-state index is 14.0. The first-order valence-electron chi connectivity index (χ1n) is 14.2. The zero-order valence-corrected chi connectivity index (χ0v) is 25.6. The molecule has 4 aromatic carbocycles. The largest absolute Gasteiger partial charge is 0.378 e. The van der Waals surface area contributed by atoms with Crippen molar-refractivity contribution >= 4 is 68.7 Å². The van der Waals surface area contributed by atoms with Crippen LogP contribution in [0.25, 0.3) is 10.8 Å². The fraction of sp³-hybridized carbons (Fsp3) is 0.176. The highest BCUT2D eigenvalue weighted by atomic mass is 32.2. The number of nitrogens with zero attached hydrogens (tertiary/aromatic N) is 3. The molecule has 220 valence electrons. The third kappa shape index (κ3) is 4.71. The third-order valence-corrected chi connectivity index (χ3v) is 10.8. The molecule has 10 heteroatoms. The van der Waals surface area contributed by atoms with E-state index >= 15 is 0 Å². The summed E-state index contributed by atoms with van der Waals surface area (Å²) in [6.07, 6.45) is 0. The van der Waals surface area contributed by atoms with E-state index in [0.717, 1.165) is 33.4 Å². The van der Waals surface area contributed by atoms with Gasteiger partial charge >= 0.3 is 4.87 Å². The average Bonchev–Trinajstić information content (AvgIpc) is 3.47. The Balaban J connectivity index is 1.28. The highest BCUT2D eigenvalue weighted by molar-refractivity contribution is 8.00. The van der Waals surface area contributed by atoms with Crippen molar-refractivity contribution in [1.29, 1.82) is 0 Å². The Labute approximate surface area is 261 Å². The van der Waals surface area contributed by atoms with E-state index in [2.05, 4.69) is 5.32 Å². The predicted molar refractivity (Wildman–Crippen MR) is 176 cm³/mol. The monoisotopic (exact) mass is 620 g/mol. The Hall–Kier alpha value is -4.67. The van der Waals surface area contributed by atoms with Crippen LogP contribution in [0.15, 0.2) is 107 Å². The molecule has 3 atom stereocenters. The molecule has 1 fully saturated rings. The zero-order valence-electron chi connectivity index (χ0n) is 24.0. The maximum Gasteiger partial charge on any atom is 0.308 e. The van der Waals surface area contributed by atoms with Crippen LogP contribution in [0.5, 0.6) is 0 Å². The summed E-state index contributed by atoms with van der Waals surface area (Å²) in [6.45, 7) is -0.213. The van der Waals surface area contributed by atoms with Crippen LogP contribution in [0.3, 0.4) is 0 Å². The van der Waals surface area contributed by atoms with Gasteiger partial charge in [0, 0.05) is 41.7 Å². The highest BCUT2D eigenvalue weighted by Gasteiger charge is 2.56. The number of amides is 3. The van der Waals surface area contributed by atoms with E-state index in [4.69, 9.17) is 0 Å². The van der Waals surface area contributed by atoms with Crippen molar-refractivity contribution in [2.45, 2.75) is 22.7 Å². The average molecular weight is 621 g/mol. The SMILES string of the molecule is CN(C)c1ccc(C2c3sc(=O)n(CC(=O)Nc4cccc5ccccc45)c3SC3C(=O)N(c4ccccc4)C(=O)C32)cc1. The number of carbonyl (C=O) groups excluding carboxylic acids is 3. The normalized spacial score (nSPS) is 19.1. The van der Waals surface area contributed by atoms with Crippen LogP contribution in [0.1, 0.15) is 16.4 Å². The highest BCUT2D eigenvalue weighted by Crippen LogP contribution is 2.54. The number of anilines is 3. The zero-order chi connectivity index (χ0) is 30.5. The number of thiazole rings is 1. The molecule has 2 aliphatic rings. The number of imide groups is 1. The summed E-state index contributed by atoms with van der Waals surface area (Å²) in [5.74, 6) is -2.16. The molecule has 2 aliphatic heterocycles. The van der Waals surface area contributed by atoms with E-state index in [1.165, 1.54) is 21.2 Å².